The number of nitrogens with one attached hydrogen (secondary N) is 1. The average Bonchev–Trinajstić information content (AvgIpc) is 2.43. The van der Waals surface area contributed by atoms with Gasteiger partial charge in [0.15, 0.2) is 6.61 Å². The van der Waals surface area contributed by atoms with E-state index >= 15 is 0 Å². The van der Waals surface area contributed by atoms with Crippen molar-refractivity contribution >= 4 is 17.7 Å². The average molecular weight is 296 g/mol. The second-order valence-corrected chi connectivity index (χ2v) is 4.67. The van der Waals surface area contributed by atoms with Crippen LogP contribution in [0.15, 0.2) is 24.3 Å². The van der Waals surface area contributed by atoms with Gasteiger partial charge >= 0.3 is 12.0 Å². The summed E-state index contributed by atoms with van der Waals surface area (Å²) in [4.78, 5) is 23.9. The minimum atomic E-state index is -1.09. The first-order valence-electron chi connectivity index (χ1n) is 6.54. The standard InChI is InChI=1S/C14H20N2O5/c1-10(17)7-8-16(2)14(20)15-11-5-3-4-6-12(11)21-9-13(18)19/h3-6,10,17H,7-9H2,1-2H3,(H,15,20)(H,18,19). The number of hydrogen-bond donors (Lipinski definition) is 3. The van der Waals surface area contributed by atoms with Crippen molar-refractivity contribution in [3.8, 4) is 5.75 Å². The van der Waals surface area contributed by atoms with E-state index in [2.05, 4.69) is 5.32 Å². The second-order valence-electron chi connectivity index (χ2n) is 4.67. The van der Waals surface area contributed by atoms with Gasteiger partial charge in [0, 0.05) is 13.6 Å². The number of amides is 2. The maximum atomic E-state index is 12.0. The van der Waals surface area contributed by atoms with Crippen molar-refractivity contribution in [3.05, 3.63) is 24.3 Å². The van der Waals surface area contributed by atoms with Crippen molar-refractivity contribution in [2.24, 2.45) is 0 Å². The Morgan fingerprint density at radius 3 is 2.67 bits per heavy atom. The predicted molar refractivity (Wildman–Crippen MR) is 77.5 cm³/mol. The second kappa shape index (κ2) is 8.11. The Labute approximate surface area is 123 Å². The van der Waals surface area contributed by atoms with Gasteiger partial charge in [0.2, 0.25) is 0 Å². The third-order valence-electron chi connectivity index (χ3n) is 2.71. The molecule has 116 valence electrons. The first kappa shape index (κ1) is 16.8. The van der Waals surface area contributed by atoms with Gasteiger partial charge in [-0.05, 0) is 25.5 Å². The van der Waals surface area contributed by atoms with Crippen molar-refractivity contribution in [2.45, 2.75) is 19.4 Å². The van der Waals surface area contributed by atoms with Crippen LogP contribution < -0.4 is 10.1 Å². The van der Waals surface area contributed by atoms with Crippen LogP contribution >= 0.6 is 0 Å². The normalized spacial score (nSPS) is 11.6. The van der Waals surface area contributed by atoms with E-state index in [9.17, 15) is 14.7 Å². The Hall–Kier alpha value is -2.28. The van der Waals surface area contributed by atoms with Gasteiger partial charge in [0.1, 0.15) is 5.75 Å². The summed E-state index contributed by atoms with van der Waals surface area (Å²) in [5, 5.41) is 20.5. The van der Waals surface area contributed by atoms with Gasteiger partial charge in [-0.25, -0.2) is 9.59 Å². The van der Waals surface area contributed by atoms with Gasteiger partial charge in [-0.15, -0.1) is 0 Å². The van der Waals surface area contributed by atoms with Crippen LogP contribution in [-0.2, 0) is 4.79 Å². The van der Waals surface area contributed by atoms with Crippen molar-refractivity contribution in [2.75, 3.05) is 25.5 Å². The lowest BCUT2D eigenvalue weighted by atomic mass is 10.3. The maximum absolute atomic E-state index is 12.0. The molecule has 0 heterocycles. The van der Waals surface area contributed by atoms with Crippen LogP contribution in [0, 0.1) is 0 Å². The van der Waals surface area contributed by atoms with E-state index in [-0.39, 0.29) is 11.8 Å². The zero-order valence-corrected chi connectivity index (χ0v) is 12.1. The van der Waals surface area contributed by atoms with Crippen LogP contribution in [0.1, 0.15) is 13.3 Å². The zero-order chi connectivity index (χ0) is 15.8. The highest BCUT2D eigenvalue weighted by molar-refractivity contribution is 5.90. The summed E-state index contributed by atoms with van der Waals surface area (Å²) in [7, 11) is 1.61. The monoisotopic (exact) mass is 296 g/mol. The van der Waals surface area contributed by atoms with Gasteiger partial charge in [0.25, 0.3) is 0 Å². The highest BCUT2D eigenvalue weighted by Crippen LogP contribution is 2.23. The summed E-state index contributed by atoms with van der Waals surface area (Å²) >= 11 is 0. The van der Waals surface area contributed by atoms with E-state index in [0.29, 0.717) is 18.7 Å². The Kier molecular flexibility index (Phi) is 6.48. The Bertz CT molecular complexity index is 490. The molecular weight excluding hydrogens is 276 g/mol. The molecule has 21 heavy (non-hydrogen) atoms. The summed E-state index contributed by atoms with van der Waals surface area (Å²) in [6.07, 6.45) is -0.00686. The summed E-state index contributed by atoms with van der Waals surface area (Å²) in [5.41, 5.74) is 0.396. The highest BCUT2D eigenvalue weighted by atomic mass is 16.5. The molecule has 0 radical (unpaired) electrons. The van der Waals surface area contributed by atoms with E-state index in [1.54, 1.807) is 38.2 Å². The number of carbonyl (C=O) groups excluding carboxylic acids is 1. The number of aliphatic carboxylic acids is 1. The Morgan fingerprint density at radius 2 is 2.05 bits per heavy atom. The molecule has 0 bridgehead atoms. The topological polar surface area (TPSA) is 99.1 Å². The lowest BCUT2D eigenvalue weighted by Gasteiger charge is -2.19. The first-order chi connectivity index (χ1) is 9.90. The van der Waals surface area contributed by atoms with E-state index < -0.39 is 18.7 Å². The Balaban J connectivity index is 2.64. The SMILES string of the molecule is CC(O)CCN(C)C(=O)Nc1ccccc1OCC(=O)O. The minimum Gasteiger partial charge on any atom is -0.480 e. The minimum absolute atomic E-state index is 0.289. The van der Waals surface area contributed by atoms with Crippen LogP contribution in [0.5, 0.6) is 5.75 Å². The highest BCUT2D eigenvalue weighted by Gasteiger charge is 2.12. The molecule has 1 aromatic rings. The predicted octanol–water partition coefficient (Wildman–Crippen LogP) is 1.38. The molecule has 0 aliphatic heterocycles. The number of aliphatic hydroxyl groups excluding tert-OH is 1. The van der Waals surface area contributed by atoms with E-state index in [0.717, 1.165) is 0 Å². The lowest BCUT2D eigenvalue weighted by Crippen LogP contribution is -2.33. The fraction of sp³-hybridized carbons (Fsp3) is 0.429. The largest absolute Gasteiger partial charge is 0.480 e. The van der Waals surface area contributed by atoms with Gasteiger partial charge in [-0.1, -0.05) is 12.1 Å². The number of ether oxygens (including phenoxy) is 1. The smallest absolute Gasteiger partial charge is 0.341 e. The number of carbonyl (C=O) groups is 2. The quantitative estimate of drug-likeness (QED) is 0.706. The number of rotatable bonds is 7. The number of anilines is 1. The van der Waals surface area contributed by atoms with E-state index in [1.807, 2.05) is 0 Å². The van der Waals surface area contributed by atoms with Crippen LogP contribution in [0.2, 0.25) is 0 Å². The number of benzene rings is 1. The van der Waals surface area contributed by atoms with Gasteiger partial charge in [-0.3, -0.25) is 0 Å². The molecule has 0 aromatic heterocycles. The zero-order valence-electron chi connectivity index (χ0n) is 12.1. The molecule has 7 nitrogen and oxygen atoms in total. The van der Waals surface area contributed by atoms with Gasteiger partial charge < -0.3 is 25.2 Å². The molecule has 0 saturated carbocycles. The lowest BCUT2D eigenvalue weighted by molar-refractivity contribution is -0.139. The molecule has 1 aromatic carbocycles. The molecular formula is C14H20N2O5. The van der Waals surface area contributed by atoms with Crippen LogP contribution in [0.3, 0.4) is 0 Å². The summed E-state index contributed by atoms with van der Waals surface area (Å²) in [6, 6.07) is 6.23. The van der Waals surface area contributed by atoms with Crippen LogP contribution in [0.25, 0.3) is 0 Å². The fourth-order valence-corrected chi connectivity index (χ4v) is 1.53. The molecule has 0 spiro atoms. The molecule has 3 N–H and O–H groups in total. The third kappa shape index (κ3) is 6.13. The summed E-state index contributed by atoms with van der Waals surface area (Å²) in [5.74, 6) is -0.803. The van der Waals surface area contributed by atoms with Crippen molar-refractivity contribution in [1.82, 2.24) is 4.90 Å². The van der Waals surface area contributed by atoms with Crippen molar-refractivity contribution in [3.63, 3.8) is 0 Å². The first-order valence-corrected chi connectivity index (χ1v) is 6.54. The molecule has 0 saturated heterocycles. The number of para-hydroxylation sites is 2. The van der Waals surface area contributed by atoms with Crippen molar-refractivity contribution in [1.29, 1.82) is 0 Å². The molecule has 2 amide bonds. The molecule has 0 aliphatic rings. The molecule has 7 heteroatoms. The summed E-state index contributed by atoms with van der Waals surface area (Å²) < 4.78 is 5.10. The number of aliphatic hydroxyl groups is 1. The molecule has 0 aliphatic carbocycles. The Morgan fingerprint density at radius 1 is 1.38 bits per heavy atom. The molecule has 0 fully saturated rings. The van der Waals surface area contributed by atoms with Crippen LogP contribution in [0.4, 0.5) is 10.5 Å². The van der Waals surface area contributed by atoms with Crippen LogP contribution in [-0.4, -0.2) is 53.4 Å². The number of nitrogens with zero attached hydrogens (tertiary/aromatic N) is 1. The third-order valence-corrected chi connectivity index (χ3v) is 2.71. The van der Waals surface area contributed by atoms with Crippen molar-refractivity contribution < 1.29 is 24.5 Å². The fourth-order valence-electron chi connectivity index (χ4n) is 1.53. The summed E-state index contributed by atoms with van der Waals surface area (Å²) in [6.45, 7) is 1.58. The number of urea groups is 1. The number of carboxylic acids is 1. The van der Waals surface area contributed by atoms with Gasteiger partial charge in [0.05, 0.1) is 11.8 Å². The maximum Gasteiger partial charge on any atom is 0.341 e. The number of carboxylic acid groups (broad SMARTS) is 1. The van der Waals surface area contributed by atoms with E-state index in [4.69, 9.17) is 9.84 Å². The molecule has 1 rings (SSSR count). The molecule has 1 unspecified atom stereocenters. The number of hydrogen-bond acceptors (Lipinski definition) is 4. The molecule has 1 atom stereocenters. The van der Waals surface area contributed by atoms with Gasteiger partial charge in [-0.2, -0.15) is 0 Å². The van der Waals surface area contributed by atoms with E-state index in [1.165, 1.54) is 4.90 Å².